The number of methoxy groups -OCH3 is 1. The minimum absolute atomic E-state index is 0.0317. The number of esters is 1. The summed E-state index contributed by atoms with van der Waals surface area (Å²) in [6.45, 7) is 9.09. The lowest BCUT2D eigenvalue weighted by atomic mass is 9.78. The van der Waals surface area contributed by atoms with Crippen molar-refractivity contribution in [3.63, 3.8) is 0 Å². The molecule has 4 aromatic rings. The minimum atomic E-state index is -3.03. The average Bonchev–Trinajstić information content (AvgIpc) is 3.74. The highest BCUT2D eigenvalue weighted by Gasteiger charge is 2.50. The molecule has 1 amide bonds. The molecule has 5 heterocycles. The average molecular weight is 792 g/mol. The van der Waals surface area contributed by atoms with E-state index in [-0.39, 0.29) is 44.3 Å². The van der Waals surface area contributed by atoms with E-state index in [4.69, 9.17) is 27.2 Å². The first-order valence-electron chi connectivity index (χ1n) is 21.5. The van der Waals surface area contributed by atoms with Gasteiger partial charge >= 0.3 is 11.8 Å². The number of rotatable bonds is 2. The molecule has 57 heavy (non-hydrogen) atoms. The van der Waals surface area contributed by atoms with Crippen molar-refractivity contribution in [2.24, 2.45) is 23.7 Å². The molecule has 0 unspecified atom stereocenters. The van der Waals surface area contributed by atoms with Gasteiger partial charge in [0, 0.05) is 71.4 Å². The van der Waals surface area contributed by atoms with Crippen molar-refractivity contribution in [1.82, 2.24) is 9.38 Å². The number of Topliss-reactive ketones (excluding diaryl/α,β-unsaturated/α-hetero) is 1. The smallest absolute Gasteiger partial charge is 0.312 e. The summed E-state index contributed by atoms with van der Waals surface area (Å²) in [5.41, 5.74) is -2.53. The molecule has 0 radical (unpaired) electrons. The number of aromatic hydroxyl groups is 2. The number of nitrogens with one attached hydrogen (secondary N) is 1. The molecule has 9 atom stereocenters. The number of carbonyl (C=O) groups excluding carboxylic acids is 3. The summed E-state index contributed by atoms with van der Waals surface area (Å²) < 4.78 is 75.2. The number of ether oxygens (including phenoxy) is 4. The van der Waals surface area contributed by atoms with Crippen molar-refractivity contribution < 1.29 is 62.0 Å². The third kappa shape index (κ3) is 7.10. The number of amides is 1. The van der Waals surface area contributed by atoms with Gasteiger partial charge in [0.15, 0.2) is 5.75 Å². The highest BCUT2D eigenvalue weighted by atomic mass is 16.7. The number of hydrogen-bond acceptors (Lipinski definition) is 12. The Bertz CT molecular complexity index is 2660. The van der Waals surface area contributed by atoms with Crippen LogP contribution in [0.15, 0.2) is 54.4 Å². The quantitative estimate of drug-likeness (QED) is 0.115. The van der Waals surface area contributed by atoms with E-state index in [0.717, 1.165) is 10.7 Å². The summed E-state index contributed by atoms with van der Waals surface area (Å²) in [6, 6.07) is -1.62. The normalized spacial score (nSPS) is 32.6. The predicted octanol–water partition coefficient (Wildman–Crippen LogP) is 6.16. The third-order valence-electron chi connectivity index (χ3n) is 11.2. The Morgan fingerprint density at radius 3 is 2.44 bits per heavy atom. The molecule has 14 nitrogen and oxygen atoms in total. The Balaban J connectivity index is 1.66. The van der Waals surface area contributed by atoms with E-state index in [9.17, 15) is 34.8 Å². The summed E-state index contributed by atoms with van der Waals surface area (Å²) in [7, 11) is 1.40. The number of benzene rings is 2. The van der Waals surface area contributed by atoms with E-state index in [1.165, 1.54) is 53.0 Å². The van der Waals surface area contributed by atoms with Gasteiger partial charge in [-0.05, 0) is 44.4 Å². The Hall–Kier alpha value is -5.44. The molecule has 0 saturated carbocycles. The number of fused-ring (bicyclic) bond motifs is 14. The molecule has 0 spiro atoms. The molecule has 3 aliphatic heterocycles. The second kappa shape index (κ2) is 15.5. The SMILES string of the molecule is [2H]c1c(C([2H])([2H])[2H])c([2H])c2nc3c4c5c6c(C)c(O)c4c(O)c(c3n2c1[2H])NC(=O)/C(C)=C\C=C/[C@@H](C)[C@@H](O)[C@H](C)[C@H](O)[C@H](C)[C@@H](OC(C)=O)[C@@H](C)[C@H](OC)/C=C\O[C@](C)(O6)C5=O. The molecule has 3 aliphatic rings. The van der Waals surface area contributed by atoms with Crippen LogP contribution in [-0.2, 0) is 23.8 Å². The van der Waals surface area contributed by atoms with Gasteiger partial charge in [0.2, 0.25) is 0 Å². The lowest BCUT2D eigenvalue weighted by Crippen LogP contribution is -2.46. The van der Waals surface area contributed by atoms with Crippen LogP contribution >= 0.6 is 0 Å². The summed E-state index contributed by atoms with van der Waals surface area (Å²) in [5.74, 6) is -8.76. The monoisotopic (exact) mass is 791 g/mol. The maximum Gasteiger partial charge on any atom is 0.312 e. The van der Waals surface area contributed by atoms with Gasteiger partial charge in [-0.3, -0.25) is 18.8 Å². The van der Waals surface area contributed by atoms with Crippen molar-refractivity contribution in [3.05, 3.63) is 71.1 Å². The zero-order valence-corrected chi connectivity index (χ0v) is 33.0. The van der Waals surface area contributed by atoms with Crippen LogP contribution in [-0.4, -0.2) is 84.8 Å². The van der Waals surface area contributed by atoms with Crippen LogP contribution in [0.3, 0.4) is 0 Å². The van der Waals surface area contributed by atoms with Crippen LogP contribution in [0.25, 0.3) is 27.5 Å². The number of ketones is 1. The van der Waals surface area contributed by atoms with Gasteiger partial charge in [-0.1, -0.05) is 45.9 Å². The number of anilines is 1. The van der Waals surface area contributed by atoms with Crippen molar-refractivity contribution in [1.29, 1.82) is 0 Å². The van der Waals surface area contributed by atoms with Crippen molar-refractivity contribution in [2.45, 2.75) is 92.4 Å². The Morgan fingerprint density at radius 2 is 1.77 bits per heavy atom. The number of aliphatic hydroxyl groups is 2. The summed E-state index contributed by atoms with van der Waals surface area (Å²) in [5, 5.41) is 48.8. The molecule has 0 saturated heterocycles. The van der Waals surface area contributed by atoms with Crippen LogP contribution in [0.4, 0.5) is 5.69 Å². The van der Waals surface area contributed by atoms with Crippen LogP contribution in [0.1, 0.15) is 78.2 Å². The third-order valence-corrected chi connectivity index (χ3v) is 11.2. The predicted molar refractivity (Wildman–Crippen MR) is 213 cm³/mol. The van der Waals surface area contributed by atoms with E-state index in [0.29, 0.717) is 0 Å². The number of pyridine rings is 1. The van der Waals surface area contributed by atoms with Gasteiger partial charge in [0.05, 0.1) is 39.6 Å². The van der Waals surface area contributed by atoms with Gasteiger partial charge in [-0.15, -0.1) is 0 Å². The zero-order valence-electron chi connectivity index (χ0n) is 39.0. The van der Waals surface area contributed by atoms with E-state index in [1.54, 1.807) is 33.8 Å². The molecular formula is C43H51N3O11. The Kier molecular flexibility index (Phi) is 9.15. The number of carbonyl (C=O) groups is 3. The molecule has 2 aromatic carbocycles. The Morgan fingerprint density at radius 1 is 1.05 bits per heavy atom. The fraction of sp³-hybridized carbons (Fsp3) is 0.442. The summed E-state index contributed by atoms with van der Waals surface area (Å²) in [4.78, 5) is 45.6. The fourth-order valence-electron chi connectivity index (χ4n) is 7.74. The molecule has 2 aromatic heterocycles. The topological polar surface area (TPSA) is 198 Å². The van der Waals surface area contributed by atoms with E-state index in [1.807, 2.05) is 0 Å². The number of hydrogen-bond donors (Lipinski definition) is 5. The molecule has 14 heteroatoms. The maximum atomic E-state index is 14.7. The van der Waals surface area contributed by atoms with E-state index < -0.39 is 125 Å². The number of imidazole rings is 1. The van der Waals surface area contributed by atoms with Gasteiger partial charge in [0.1, 0.15) is 40.0 Å². The molecule has 0 fully saturated rings. The zero-order chi connectivity index (χ0) is 46.9. The van der Waals surface area contributed by atoms with Gasteiger partial charge in [-0.2, -0.15) is 0 Å². The van der Waals surface area contributed by atoms with Crippen LogP contribution in [0.5, 0.6) is 17.2 Å². The maximum absolute atomic E-state index is 14.7. The first-order valence-corrected chi connectivity index (χ1v) is 18.5. The van der Waals surface area contributed by atoms with Crippen molar-refractivity contribution in [2.75, 3.05) is 12.4 Å². The van der Waals surface area contributed by atoms with Crippen LogP contribution < -0.4 is 10.1 Å². The first kappa shape index (κ1) is 33.7. The van der Waals surface area contributed by atoms with Gasteiger partial charge < -0.3 is 44.7 Å². The van der Waals surface area contributed by atoms with Crippen molar-refractivity contribution >= 4 is 50.8 Å². The molecule has 0 aliphatic carbocycles. The van der Waals surface area contributed by atoms with Gasteiger partial charge in [-0.25, -0.2) is 4.98 Å². The van der Waals surface area contributed by atoms with E-state index >= 15 is 0 Å². The summed E-state index contributed by atoms with van der Waals surface area (Å²) in [6.07, 6.45) is 2.21. The fourth-order valence-corrected chi connectivity index (χ4v) is 7.74. The number of nitrogens with zero attached hydrogens (tertiary/aromatic N) is 2. The molecule has 5 bridgehead atoms. The van der Waals surface area contributed by atoms with E-state index in [2.05, 4.69) is 10.3 Å². The number of aromatic nitrogens is 2. The molecule has 7 rings (SSSR count). The standard InChI is InChI=1S/C43H51N3O11/c1-19-14-16-46-28(18-19)44-32-29-30-37(50)25(7)40-31(29)41(52)43(9,57-40)55-17-15-27(54-10)22(4)39(56-26(8)47)24(6)36(49)23(5)35(48)20(2)12-11-13-21(3)42(53)45-33(34(32)46)38(30)51/h11-18,20,22-24,27,35-36,39,48-51H,1-10H3,(H,45,53)/b12-11-,17-15-,21-13-/t20-,22+,23+,24+,27-,35-,36+,39+,43-/m1/s1/i1D3,14D,16D,18D. The number of phenolic OH excluding ortho intramolecular Hbond substituents is 2. The number of aliphatic hydroxyl groups excluding tert-OH is 2. The second-order valence-electron chi connectivity index (χ2n) is 15.1. The molecular weight excluding hydrogens is 734 g/mol. The lowest BCUT2D eigenvalue weighted by molar-refractivity contribution is -0.160. The van der Waals surface area contributed by atoms with Gasteiger partial charge in [0.25, 0.3) is 11.7 Å². The molecule has 5 N–H and O–H groups in total. The van der Waals surface area contributed by atoms with Crippen LogP contribution in [0.2, 0.25) is 0 Å². The Labute approximate surface area is 338 Å². The van der Waals surface area contributed by atoms with Crippen LogP contribution in [0, 0.1) is 37.4 Å². The first-order chi connectivity index (χ1) is 29.3. The summed E-state index contributed by atoms with van der Waals surface area (Å²) >= 11 is 0. The second-order valence-corrected chi connectivity index (χ2v) is 15.1. The number of phenols is 2. The lowest BCUT2D eigenvalue weighted by Gasteiger charge is -2.38. The van der Waals surface area contributed by atoms with Crippen molar-refractivity contribution in [3.8, 4) is 17.2 Å². The largest absolute Gasteiger partial charge is 0.507 e. The highest BCUT2D eigenvalue weighted by Crippen LogP contribution is 2.54. The highest BCUT2D eigenvalue weighted by molar-refractivity contribution is 6.28. The minimum Gasteiger partial charge on any atom is -0.507 e. The number of allylic oxidation sites excluding steroid dienone is 2. The molecule has 304 valence electrons.